The molecule has 0 saturated heterocycles. The van der Waals surface area contributed by atoms with Gasteiger partial charge in [-0.15, -0.1) is 0 Å². The zero-order valence-electron chi connectivity index (χ0n) is 15.7. The van der Waals surface area contributed by atoms with Crippen molar-refractivity contribution in [1.82, 2.24) is 0 Å². The largest absolute Gasteiger partial charge is 0.496 e. The normalized spacial score (nSPS) is 17.3. The second-order valence-corrected chi connectivity index (χ2v) is 7.22. The third-order valence-corrected chi connectivity index (χ3v) is 5.66. The standard InChI is InChI=1S/C22H24N2O3/c1-3-24-18-10-9-16(14-15(18)8-11-20(24)25)23-21(26)22(12-13-22)17-6-4-5-7-19(17)27-2/h4-7,9-10,14H,3,8,11-13H2,1-2H3,(H,23,26). The van der Waals surface area contributed by atoms with Gasteiger partial charge in [0.1, 0.15) is 5.75 Å². The molecule has 2 aliphatic rings. The molecule has 4 rings (SSSR count). The van der Waals surface area contributed by atoms with Gasteiger partial charge < -0.3 is 15.0 Å². The summed E-state index contributed by atoms with van der Waals surface area (Å²) in [5, 5.41) is 3.09. The maximum Gasteiger partial charge on any atom is 0.235 e. The van der Waals surface area contributed by atoms with Crippen molar-refractivity contribution < 1.29 is 14.3 Å². The Labute approximate surface area is 159 Å². The Hall–Kier alpha value is -2.82. The number of nitrogens with zero attached hydrogens (tertiary/aromatic N) is 1. The van der Waals surface area contributed by atoms with Crippen LogP contribution in [0.2, 0.25) is 0 Å². The maximum atomic E-state index is 13.1. The van der Waals surface area contributed by atoms with E-state index in [1.807, 2.05) is 54.3 Å². The van der Waals surface area contributed by atoms with Gasteiger partial charge in [-0.3, -0.25) is 9.59 Å². The first-order chi connectivity index (χ1) is 13.1. The van der Waals surface area contributed by atoms with E-state index in [1.165, 1.54) is 0 Å². The topological polar surface area (TPSA) is 58.6 Å². The zero-order valence-corrected chi connectivity index (χ0v) is 15.7. The fourth-order valence-corrected chi connectivity index (χ4v) is 4.02. The van der Waals surface area contributed by atoms with Crippen LogP contribution in [0.3, 0.4) is 0 Å². The molecule has 0 unspecified atom stereocenters. The van der Waals surface area contributed by atoms with Gasteiger partial charge in [0.25, 0.3) is 0 Å². The minimum Gasteiger partial charge on any atom is -0.496 e. The minimum absolute atomic E-state index is 0.00573. The van der Waals surface area contributed by atoms with Crippen LogP contribution in [0, 0.1) is 0 Å². The molecule has 0 atom stereocenters. The van der Waals surface area contributed by atoms with Crippen LogP contribution in [0.4, 0.5) is 11.4 Å². The van der Waals surface area contributed by atoms with Crippen molar-refractivity contribution in [3.05, 3.63) is 53.6 Å². The van der Waals surface area contributed by atoms with Gasteiger partial charge in [0.05, 0.1) is 12.5 Å². The number of aryl methyl sites for hydroxylation is 1. The molecule has 5 nitrogen and oxygen atoms in total. The average Bonchev–Trinajstić information content (AvgIpc) is 3.50. The zero-order chi connectivity index (χ0) is 19.0. The molecule has 1 saturated carbocycles. The number of nitrogens with one attached hydrogen (secondary N) is 1. The molecule has 1 fully saturated rings. The lowest BCUT2D eigenvalue weighted by molar-refractivity contribution is -0.119. The molecular weight excluding hydrogens is 340 g/mol. The third-order valence-electron chi connectivity index (χ3n) is 5.66. The number of anilines is 2. The molecule has 0 aromatic heterocycles. The van der Waals surface area contributed by atoms with Crippen LogP contribution in [0.5, 0.6) is 5.75 Å². The van der Waals surface area contributed by atoms with Crippen molar-refractivity contribution in [3.8, 4) is 5.75 Å². The van der Waals surface area contributed by atoms with Crippen molar-refractivity contribution in [2.24, 2.45) is 0 Å². The quantitative estimate of drug-likeness (QED) is 0.881. The number of carbonyl (C=O) groups excluding carboxylic acids is 2. The lowest BCUT2D eigenvalue weighted by Gasteiger charge is -2.29. The van der Waals surface area contributed by atoms with Crippen molar-refractivity contribution in [1.29, 1.82) is 0 Å². The number of amides is 2. The smallest absolute Gasteiger partial charge is 0.235 e. The van der Waals surface area contributed by atoms with E-state index in [9.17, 15) is 9.59 Å². The minimum atomic E-state index is -0.506. The molecule has 27 heavy (non-hydrogen) atoms. The highest BCUT2D eigenvalue weighted by atomic mass is 16.5. The predicted octanol–water partition coefficient (Wildman–Crippen LogP) is 3.66. The van der Waals surface area contributed by atoms with E-state index in [0.29, 0.717) is 19.4 Å². The van der Waals surface area contributed by atoms with Gasteiger partial charge >= 0.3 is 0 Å². The highest BCUT2D eigenvalue weighted by molar-refractivity contribution is 6.02. The second kappa shape index (κ2) is 6.72. The third kappa shape index (κ3) is 2.97. The monoisotopic (exact) mass is 364 g/mol. The Morgan fingerprint density at radius 3 is 2.67 bits per heavy atom. The van der Waals surface area contributed by atoms with E-state index in [1.54, 1.807) is 7.11 Å². The number of hydrogen-bond acceptors (Lipinski definition) is 3. The fraction of sp³-hybridized carbons (Fsp3) is 0.364. The maximum absolute atomic E-state index is 13.1. The highest BCUT2D eigenvalue weighted by Gasteiger charge is 2.52. The number of methoxy groups -OCH3 is 1. The number of benzene rings is 2. The highest BCUT2D eigenvalue weighted by Crippen LogP contribution is 2.52. The number of carbonyl (C=O) groups is 2. The average molecular weight is 364 g/mol. The van der Waals surface area contributed by atoms with Crippen LogP contribution in [0.15, 0.2) is 42.5 Å². The second-order valence-electron chi connectivity index (χ2n) is 7.22. The fourth-order valence-electron chi connectivity index (χ4n) is 4.02. The van der Waals surface area contributed by atoms with Crippen LogP contribution >= 0.6 is 0 Å². The number of rotatable bonds is 5. The van der Waals surface area contributed by atoms with Gasteiger partial charge in [-0.1, -0.05) is 18.2 Å². The van der Waals surface area contributed by atoms with E-state index >= 15 is 0 Å². The first-order valence-electron chi connectivity index (χ1n) is 9.47. The summed E-state index contributed by atoms with van der Waals surface area (Å²) in [6, 6.07) is 13.6. The van der Waals surface area contributed by atoms with E-state index in [0.717, 1.165) is 41.1 Å². The van der Waals surface area contributed by atoms with E-state index in [4.69, 9.17) is 4.74 Å². The number of ether oxygens (including phenoxy) is 1. The summed E-state index contributed by atoms with van der Waals surface area (Å²) < 4.78 is 5.46. The van der Waals surface area contributed by atoms with Gasteiger partial charge in [-0.05, 0) is 56.0 Å². The van der Waals surface area contributed by atoms with Gasteiger partial charge in [0.2, 0.25) is 11.8 Å². The van der Waals surface area contributed by atoms with Crippen molar-refractivity contribution in [2.75, 3.05) is 23.9 Å². The molecule has 0 bridgehead atoms. The van der Waals surface area contributed by atoms with Crippen LogP contribution in [-0.2, 0) is 21.4 Å². The summed E-state index contributed by atoms with van der Waals surface area (Å²) in [7, 11) is 1.64. The molecule has 1 N–H and O–H groups in total. The van der Waals surface area contributed by atoms with Gasteiger partial charge in [-0.25, -0.2) is 0 Å². The molecule has 1 aliphatic heterocycles. The van der Waals surface area contributed by atoms with Gasteiger partial charge in [-0.2, -0.15) is 0 Å². The molecule has 1 aliphatic carbocycles. The van der Waals surface area contributed by atoms with Gasteiger partial charge in [0, 0.05) is 29.9 Å². The van der Waals surface area contributed by atoms with Gasteiger partial charge in [0.15, 0.2) is 0 Å². The Balaban J connectivity index is 1.58. The molecule has 0 radical (unpaired) electrons. The van der Waals surface area contributed by atoms with Crippen LogP contribution in [0.1, 0.15) is 37.3 Å². The number of hydrogen-bond donors (Lipinski definition) is 1. The van der Waals surface area contributed by atoms with Crippen LogP contribution in [0.25, 0.3) is 0 Å². The molecule has 0 spiro atoms. The Morgan fingerprint density at radius 2 is 1.96 bits per heavy atom. The van der Waals surface area contributed by atoms with Crippen molar-refractivity contribution in [3.63, 3.8) is 0 Å². The number of para-hydroxylation sites is 1. The SMILES string of the molecule is CCN1C(=O)CCc2cc(NC(=O)C3(c4ccccc4OC)CC3)ccc21. The predicted molar refractivity (Wildman–Crippen MR) is 105 cm³/mol. The lowest BCUT2D eigenvalue weighted by atomic mass is 9.93. The lowest BCUT2D eigenvalue weighted by Crippen LogP contribution is -2.35. The van der Waals surface area contributed by atoms with E-state index in [2.05, 4.69) is 5.32 Å². The molecule has 2 aromatic rings. The summed E-state index contributed by atoms with van der Waals surface area (Å²) in [5.41, 5.74) is 3.29. The summed E-state index contributed by atoms with van der Waals surface area (Å²) in [5.74, 6) is 0.925. The molecule has 140 valence electrons. The molecule has 2 aromatic carbocycles. The van der Waals surface area contributed by atoms with Crippen LogP contribution < -0.4 is 15.0 Å². The Kier molecular flexibility index (Phi) is 4.38. The van der Waals surface area contributed by atoms with E-state index in [-0.39, 0.29) is 11.8 Å². The molecule has 1 heterocycles. The summed E-state index contributed by atoms with van der Waals surface area (Å²) in [6.07, 6.45) is 2.87. The first kappa shape index (κ1) is 17.6. The van der Waals surface area contributed by atoms with Crippen molar-refractivity contribution in [2.45, 2.75) is 38.0 Å². The summed E-state index contributed by atoms with van der Waals surface area (Å²) in [6.45, 7) is 2.64. The number of fused-ring (bicyclic) bond motifs is 1. The first-order valence-corrected chi connectivity index (χ1v) is 9.47. The van der Waals surface area contributed by atoms with Crippen LogP contribution in [-0.4, -0.2) is 25.5 Å². The van der Waals surface area contributed by atoms with E-state index < -0.39 is 5.41 Å². The molecule has 2 amide bonds. The van der Waals surface area contributed by atoms with Crippen molar-refractivity contribution >= 4 is 23.2 Å². The summed E-state index contributed by atoms with van der Waals surface area (Å²) in [4.78, 5) is 26.9. The molecule has 5 heteroatoms. The molecular formula is C22H24N2O3. The Morgan fingerprint density at radius 1 is 1.19 bits per heavy atom. The Bertz CT molecular complexity index is 902. The summed E-state index contributed by atoms with van der Waals surface area (Å²) >= 11 is 0.